The lowest BCUT2D eigenvalue weighted by Gasteiger charge is -2.02. The predicted molar refractivity (Wildman–Crippen MR) is 62.2 cm³/mol. The van der Waals surface area contributed by atoms with Crippen LogP contribution in [0.15, 0.2) is 16.9 Å². The predicted octanol–water partition coefficient (Wildman–Crippen LogP) is 1.29. The van der Waals surface area contributed by atoms with E-state index in [0.29, 0.717) is 11.7 Å². The maximum atomic E-state index is 6.06. The normalized spacial score (nSPS) is 12.9. The Bertz CT molecular complexity index is 476. The Labute approximate surface area is 99.8 Å². The van der Waals surface area contributed by atoms with Crippen LogP contribution in [0, 0.1) is 0 Å². The molecule has 0 amide bonds. The summed E-state index contributed by atoms with van der Waals surface area (Å²) < 4.78 is 6.91. The summed E-state index contributed by atoms with van der Waals surface area (Å²) in [4.78, 5) is 4.22. The number of aromatic nitrogens is 4. The lowest BCUT2D eigenvalue weighted by molar-refractivity contribution is 0.375. The SMILES string of the molecule is CCCn1cc(C(N)c2noc(CC)n2)cn1. The molecule has 0 aliphatic rings. The summed E-state index contributed by atoms with van der Waals surface area (Å²) in [5, 5.41) is 8.10. The Balaban J connectivity index is 2.14. The number of nitrogens with zero attached hydrogens (tertiary/aromatic N) is 4. The molecule has 0 saturated carbocycles. The van der Waals surface area contributed by atoms with Crippen LogP contribution in [0.2, 0.25) is 0 Å². The molecule has 1 unspecified atom stereocenters. The van der Waals surface area contributed by atoms with Crippen LogP contribution in [0.25, 0.3) is 0 Å². The van der Waals surface area contributed by atoms with Crippen molar-refractivity contribution in [3.63, 3.8) is 0 Å². The van der Waals surface area contributed by atoms with Crippen molar-refractivity contribution in [2.75, 3.05) is 0 Å². The third-order valence-corrected chi connectivity index (χ3v) is 2.53. The van der Waals surface area contributed by atoms with Crippen LogP contribution in [0.3, 0.4) is 0 Å². The second-order valence-electron chi connectivity index (χ2n) is 3.91. The summed E-state index contributed by atoms with van der Waals surface area (Å²) in [6.45, 7) is 4.95. The zero-order chi connectivity index (χ0) is 12.3. The van der Waals surface area contributed by atoms with E-state index in [9.17, 15) is 0 Å². The van der Waals surface area contributed by atoms with E-state index in [2.05, 4.69) is 22.2 Å². The summed E-state index contributed by atoms with van der Waals surface area (Å²) in [6.07, 6.45) is 5.44. The molecule has 92 valence electrons. The smallest absolute Gasteiger partial charge is 0.226 e. The minimum absolute atomic E-state index is 0.371. The first-order valence-corrected chi connectivity index (χ1v) is 5.85. The van der Waals surface area contributed by atoms with Crippen molar-refractivity contribution >= 4 is 0 Å². The van der Waals surface area contributed by atoms with Gasteiger partial charge in [0, 0.05) is 24.7 Å². The molecule has 2 heterocycles. The van der Waals surface area contributed by atoms with Gasteiger partial charge >= 0.3 is 0 Å². The van der Waals surface area contributed by atoms with Crippen molar-refractivity contribution in [2.45, 2.75) is 39.3 Å². The molecule has 0 aromatic carbocycles. The lowest BCUT2D eigenvalue weighted by atomic mass is 10.2. The molecule has 6 nitrogen and oxygen atoms in total. The first-order chi connectivity index (χ1) is 8.24. The fourth-order valence-electron chi connectivity index (χ4n) is 1.58. The van der Waals surface area contributed by atoms with Crippen molar-refractivity contribution in [1.29, 1.82) is 0 Å². The zero-order valence-electron chi connectivity index (χ0n) is 10.1. The number of hydrogen-bond donors (Lipinski definition) is 1. The molecule has 0 saturated heterocycles. The van der Waals surface area contributed by atoms with Crippen LogP contribution in [0.4, 0.5) is 0 Å². The van der Waals surface area contributed by atoms with E-state index in [-0.39, 0.29) is 6.04 Å². The van der Waals surface area contributed by atoms with Gasteiger partial charge in [-0.25, -0.2) is 0 Å². The van der Waals surface area contributed by atoms with Crippen LogP contribution < -0.4 is 5.73 Å². The van der Waals surface area contributed by atoms with E-state index in [4.69, 9.17) is 10.3 Å². The fourth-order valence-corrected chi connectivity index (χ4v) is 1.58. The van der Waals surface area contributed by atoms with E-state index in [0.717, 1.165) is 24.9 Å². The van der Waals surface area contributed by atoms with Gasteiger partial charge in [-0.05, 0) is 6.42 Å². The molecule has 2 aromatic rings. The van der Waals surface area contributed by atoms with Gasteiger partial charge < -0.3 is 10.3 Å². The van der Waals surface area contributed by atoms with Gasteiger partial charge in [0.05, 0.1) is 12.2 Å². The first-order valence-electron chi connectivity index (χ1n) is 5.85. The molecule has 17 heavy (non-hydrogen) atoms. The van der Waals surface area contributed by atoms with Crippen LogP contribution in [-0.2, 0) is 13.0 Å². The van der Waals surface area contributed by atoms with Gasteiger partial charge in [0.15, 0.2) is 5.82 Å². The summed E-state index contributed by atoms with van der Waals surface area (Å²) >= 11 is 0. The van der Waals surface area contributed by atoms with Gasteiger partial charge in [-0.3, -0.25) is 4.68 Å². The monoisotopic (exact) mass is 235 g/mol. The number of nitrogens with two attached hydrogens (primary N) is 1. The van der Waals surface area contributed by atoms with Gasteiger partial charge in [0.25, 0.3) is 0 Å². The van der Waals surface area contributed by atoms with Gasteiger partial charge in [-0.1, -0.05) is 19.0 Å². The summed E-state index contributed by atoms with van der Waals surface area (Å²) in [5.74, 6) is 1.12. The van der Waals surface area contributed by atoms with Crippen molar-refractivity contribution in [3.8, 4) is 0 Å². The number of rotatable bonds is 5. The fraction of sp³-hybridized carbons (Fsp3) is 0.545. The molecule has 0 radical (unpaired) electrons. The van der Waals surface area contributed by atoms with Gasteiger partial charge in [-0.15, -0.1) is 0 Å². The van der Waals surface area contributed by atoms with Crippen molar-refractivity contribution in [2.24, 2.45) is 5.73 Å². The summed E-state index contributed by atoms with van der Waals surface area (Å²) in [5.41, 5.74) is 6.96. The molecule has 0 aliphatic carbocycles. The number of aryl methyl sites for hydroxylation is 2. The molecule has 0 bridgehead atoms. The van der Waals surface area contributed by atoms with Crippen molar-refractivity contribution in [1.82, 2.24) is 19.9 Å². The van der Waals surface area contributed by atoms with Crippen LogP contribution in [0.5, 0.6) is 0 Å². The highest BCUT2D eigenvalue weighted by Gasteiger charge is 2.17. The third kappa shape index (κ3) is 2.52. The van der Waals surface area contributed by atoms with Crippen LogP contribution in [-0.4, -0.2) is 19.9 Å². The Morgan fingerprint density at radius 1 is 1.47 bits per heavy atom. The van der Waals surface area contributed by atoms with Crippen molar-refractivity contribution in [3.05, 3.63) is 29.7 Å². The second kappa shape index (κ2) is 5.09. The van der Waals surface area contributed by atoms with Crippen LogP contribution in [0.1, 0.15) is 43.6 Å². The van der Waals surface area contributed by atoms with E-state index in [1.807, 2.05) is 17.8 Å². The van der Waals surface area contributed by atoms with E-state index < -0.39 is 0 Å². The third-order valence-electron chi connectivity index (χ3n) is 2.53. The molecule has 6 heteroatoms. The summed E-state index contributed by atoms with van der Waals surface area (Å²) in [7, 11) is 0. The summed E-state index contributed by atoms with van der Waals surface area (Å²) in [6, 6.07) is -0.371. The molecule has 0 spiro atoms. The second-order valence-corrected chi connectivity index (χ2v) is 3.91. The largest absolute Gasteiger partial charge is 0.339 e. The quantitative estimate of drug-likeness (QED) is 0.844. The standard InChI is InChI=1S/C11H17N5O/c1-3-5-16-7-8(6-13-16)10(12)11-14-9(4-2)17-15-11/h6-7,10H,3-5,12H2,1-2H3. The van der Waals surface area contributed by atoms with Gasteiger partial charge in [0.2, 0.25) is 5.89 Å². The van der Waals surface area contributed by atoms with Gasteiger partial charge in [0.1, 0.15) is 0 Å². The molecular formula is C11H17N5O. The molecule has 1 atom stereocenters. The van der Waals surface area contributed by atoms with Crippen molar-refractivity contribution < 1.29 is 4.52 Å². The van der Waals surface area contributed by atoms with E-state index in [1.165, 1.54) is 0 Å². The molecule has 2 rings (SSSR count). The first kappa shape index (κ1) is 11.8. The minimum Gasteiger partial charge on any atom is -0.339 e. The molecule has 0 fully saturated rings. The Hall–Kier alpha value is -1.69. The Morgan fingerprint density at radius 2 is 2.29 bits per heavy atom. The van der Waals surface area contributed by atoms with Crippen LogP contribution >= 0.6 is 0 Å². The Kier molecular flexibility index (Phi) is 3.53. The highest BCUT2D eigenvalue weighted by Crippen LogP contribution is 2.16. The average Bonchev–Trinajstić information content (AvgIpc) is 2.97. The van der Waals surface area contributed by atoms with E-state index >= 15 is 0 Å². The molecule has 2 aromatic heterocycles. The molecule has 2 N–H and O–H groups in total. The lowest BCUT2D eigenvalue weighted by Crippen LogP contribution is -2.13. The number of hydrogen-bond acceptors (Lipinski definition) is 5. The highest BCUT2D eigenvalue weighted by atomic mass is 16.5. The Morgan fingerprint density at radius 3 is 2.94 bits per heavy atom. The topological polar surface area (TPSA) is 82.8 Å². The maximum absolute atomic E-state index is 6.06. The maximum Gasteiger partial charge on any atom is 0.226 e. The molecular weight excluding hydrogens is 218 g/mol. The zero-order valence-corrected chi connectivity index (χ0v) is 10.1. The van der Waals surface area contributed by atoms with Gasteiger partial charge in [-0.2, -0.15) is 10.1 Å². The van der Waals surface area contributed by atoms with E-state index in [1.54, 1.807) is 6.20 Å². The highest BCUT2D eigenvalue weighted by molar-refractivity contribution is 5.17. The minimum atomic E-state index is -0.371. The average molecular weight is 235 g/mol. The molecule has 0 aliphatic heterocycles.